The second-order valence-corrected chi connectivity index (χ2v) is 17.1. The molecule has 0 N–H and O–H groups in total. The fraction of sp³-hybridized carbons (Fsp3) is 0. The van der Waals surface area contributed by atoms with Crippen LogP contribution < -0.4 is 0 Å². The number of hydrogen-bond donors (Lipinski definition) is 0. The summed E-state index contributed by atoms with van der Waals surface area (Å²) in [5.74, 6) is 1.70. The van der Waals surface area contributed by atoms with Crippen LogP contribution in [0.15, 0.2) is 212 Å². The van der Waals surface area contributed by atoms with E-state index in [9.17, 15) is 0 Å². The van der Waals surface area contributed by atoms with Gasteiger partial charge in [0.1, 0.15) is 0 Å². The first kappa shape index (κ1) is 35.6. The van der Waals surface area contributed by atoms with E-state index in [-0.39, 0.29) is 0 Å². The molecule has 0 saturated carbocycles. The first-order valence-corrected chi connectivity index (χ1v) is 22.0. The van der Waals surface area contributed by atoms with Crippen LogP contribution in [0.5, 0.6) is 0 Å². The van der Waals surface area contributed by atoms with E-state index < -0.39 is 0 Å². The standard InChI is InChI=1S/C57H35N5S/c1-3-14-36(15-4-1)40-30-32-45-43-18-7-10-22-48(43)61(50(45)34-40)56-58-55(39-28-26-38(27-29-39)42-21-13-25-53-54(42)47-20-9-12-24-52(47)63-53)59-57(60-56)62-49-23-11-8-19-44(49)46-33-31-41(35-51(46)62)37-16-5-2-6-17-37/h1-35H. The molecule has 0 atom stereocenters. The fourth-order valence-electron chi connectivity index (χ4n) is 9.49. The van der Waals surface area contributed by atoms with Crippen molar-refractivity contribution in [1.82, 2.24) is 24.1 Å². The van der Waals surface area contributed by atoms with Gasteiger partial charge in [0.15, 0.2) is 5.82 Å². The summed E-state index contributed by atoms with van der Waals surface area (Å²) in [5, 5.41) is 7.12. The zero-order valence-corrected chi connectivity index (χ0v) is 34.7. The molecule has 13 aromatic rings. The van der Waals surface area contributed by atoms with Crippen LogP contribution in [-0.4, -0.2) is 24.1 Å². The van der Waals surface area contributed by atoms with Crippen molar-refractivity contribution < 1.29 is 0 Å². The van der Waals surface area contributed by atoms with Crippen LogP contribution in [-0.2, 0) is 0 Å². The van der Waals surface area contributed by atoms with Crippen LogP contribution in [0.25, 0.3) is 120 Å². The van der Waals surface area contributed by atoms with Gasteiger partial charge in [-0.05, 0) is 69.8 Å². The molecule has 13 rings (SSSR count). The van der Waals surface area contributed by atoms with Gasteiger partial charge in [0, 0.05) is 47.3 Å². The van der Waals surface area contributed by atoms with Gasteiger partial charge in [-0.3, -0.25) is 9.13 Å². The van der Waals surface area contributed by atoms with Gasteiger partial charge in [-0.2, -0.15) is 15.0 Å². The minimum atomic E-state index is 0.551. The molecule has 0 radical (unpaired) electrons. The number of fused-ring (bicyclic) bond motifs is 9. The van der Waals surface area contributed by atoms with E-state index in [1.165, 1.54) is 25.7 Å². The lowest BCUT2D eigenvalue weighted by Crippen LogP contribution is -2.10. The van der Waals surface area contributed by atoms with Crippen molar-refractivity contribution >= 4 is 75.1 Å². The monoisotopic (exact) mass is 821 g/mol. The van der Waals surface area contributed by atoms with E-state index in [1.54, 1.807) is 0 Å². The van der Waals surface area contributed by atoms with E-state index >= 15 is 0 Å². The largest absolute Gasteiger partial charge is 0.278 e. The molecule has 0 bridgehead atoms. The Kier molecular flexibility index (Phi) is 8.01. The number of aromatic nitrogens is 5. The lowest BCUT2D eigenvalue weighted by atomic mass is 9.98. The highest BCUT2D eigenvalue weighted by Gasteiger charge is 2.22. The molecule has 0 unspecified atom stereocenters. The molecule has 5 nitrogen and oxygen atoms in total. The summed E-state index contributed by atoms with van der Waals surface area (Å²) in [5.41, 5.74) is 11.9. The van der Waals surface area contributed by atoms with E-state index in [0.29, 0.717) is 17.7 Å². The number of thiophene rings is 1. The number of nitrogens with zero attached hydrogens (tertiary/aromatic N) is 5. The Morgan fingerprint density at radius 1 is 0.302 bits per heavy atom. The summed E-state index contributed by atoms with van der Waals surface area (Å²) in [6, 6.07) is 75.6. The fourth-order valence-corrected chi connectivity index (χ4v) is 10.6. The molecule has 294 valence electrons. The zero-order valence-electron chi connectivity index (χ0n) is 33.9. The number of benzene rings is 9. The molecular formula is C57H35N5S. The first-order chi connectivity index (χ1) is 31.2. The summed E-state index contributed by atoms with van der Waals surface area (Å²) >= 11 is 1.84. The zero-order chi connectivity index (χ0) is 41.4. The van der Waals surface area contributed by atoms with Crippen LogP contribution in [0.4, 0.5) is 0 Å². The average molecular weight is 822 g/mol. The van der Waals surface area contributed by atoms with E-state index in [4.69, 9.17) is 15.0 Å². The van der Waals surface area contributed by atoms with Crippen LogP contribution in [0.3, 0.4) is 0 Å². The van der Waals surface area contributed by atoms with Gasteiger partial charge < -0.3 is 0 Å². The van der Waals surface area contributed by atoms with Crippen LogP contribution in [0.1, 0.15) is 0 Å². The van der Waals surface area contributed by atoms with Crippen LogP contribution in [0, 0.1) is 0 Å². The van der Waals surface area contributed by atoms with Crippen LogP contribution in [0.2, 0.25) is 0 Å². The molecule has 0 amide bonds. The molecule has 0 aliphatic rings. The van der Waals surface area contributed by atoms with Crippen molar-refractivity contribution in [2.75, 3.05) is 0 Å². The Morgan fingerprint density at radius 2 is 0.762 bits per heavy atom. The highest BCUT2D eigenvalue weighted by Crippen LogP contribution is 2.41. The predicted octanol–water partition coefficient (Wildman–Crippen LogP) is 15.1. The molecule has 4 heterocycles. The Morgan fingerprint density at radius 3 is 1.35 bits per heavy atom. The third-order valence-corrected chi connectivity index (χ3v) is 13.6. The molecular weight excluding hydrogens is 787 g/mol. The summed E-state index contributed by atoms with van der Waals surface area (Å²) < 4.78 is 7.01. The summed E-state index contributed by atoms with van der Waals surface area (Å²) in [6.07, 6.45) is 0. The van der Waals surface area contributed by atoms with Crippen molar-refractivity contribution in [3.05, 3.63) is 212 Å². The molecule has 0 saturated heterocycles. The van der Waals surface area contributed by atoms with Crippen molar-refractivity contribution in [3.63, 3.8) is 0 Å². The molecule has 0 spiro atoms. The SMILES string of the molecule is c1ccc(-c2ccc3c4ccccc4n(-c4nc(-c5ccc(-c6cccc7sc8ccccc8c67)cc5)nc(-n5c6ccccc6c6ccc(-c7ccccc7)cc65)n4)c3c2)cc1. The second kappa shape index (κ2) is 14.2. The highest BCUT2D eigenvalue weighted by atomic mass is 32.1. The minimum Gasteiger partial charge on any atom is -0.278 e. The average Bonchev–Trinajstić information content (AvgIpc) is 4.02. The molecule has 0 aliphatic carbocycles. The Hall–Kier alpha value is -8.19. The lowest BCUT2D eigenvalue weighted by Gasteiger charge is -2.13. The maximum absolute atomic E-state index is 5.48. The first-order valence-electron chi connectivity index (χ1n) is 21.2. The third-order valence-electron chi connectivity index (χ3n) is 12.4. The third kappa shape index (κ3) is 5.73. The number of para-hydroxylation sites is 2. The number of hydrogen-bond acceptors (Lipinski definition) is 4. The molecule has 63 heavy (non-hydrogen) atoms. The smallest absolute Gasteiger partial charge is 0.240 e. The van der Waals surface area contributed by atoms with E-state index in [2.05, 4.69) is 221 Å². The molecule has 0 aliphatic heterocycles. The topological polar surface area (TPSA) is 48.5 Å². The lowest BCUT2D eigenvalue weighted by molar-refractivity contribution is 0.893. The van der Waals surface area contributed by atoms with Crippen molar-refractivity contribution in [2.24, 2.45) is 0 Å². The van der Waals surface area contributed by atoms with E-state index in [0.717, 1.165) is 77.0 Å². The normalized spacial score (nSPS) is 11.8. The molecule has 4 aromatic heterocycles. The maximum Gasteiger partial charge on any atom is 0.240 e. The van der Waals surface area contributed by atoms with Crippen molar-refractivity contribution in [1.29, 1.82) is 0 Å². The van der Waals surface area contributed by atoms with Crippen LogP contribution >= 0.6 is 11.3 Å². The summed E-state index contributed by atoms with van der Waals surface area (Å²) in [6.45, 7) is 0. The molecule has 0 fully saturated rings. The predicted molar refractivity (Wildman–Crippen MR) is 263 cm³/mol. The van der Waals surface area contributed by atoms with Gasteiger partial charge in [-0.25, -0.2) is 0 Å². The van der Waals surface area contributed by atoms with Gasteiger partial charge in [0.25, 0.3) is 0 Å². The molecule has 6 heteroatoms. The summed E-state index contributed by atoms with van der Waals surface area (Å²) in [7, 11) is 0. The van der Waals surface area contributed by atoms with Gasteiger partial charge in [0.2, 0.25) is 11.9 Å². The molecule has 9 aromatic carbocycles. The summed E-state index contributed by atoms with van der Waals surface area (Å²) in [4.78, 5) is 16.3. The Labute approximate surface area is 366 Å². The van der Waals surface area contributed by atoms with Gasteiger partial charge in [-0.1, -0.05) is 176 Å². The highest BCUT2D eigenvalue weighted by molar-refractivity contribution is 7.25. The van der Waals surface area contributed by atoms with Gasteiger partial charge in [0.05, 0.1) is 22.1 Å². The maximum atomic E-state index is 5.48. The van der Waals surface area contributed by atoms with Crippen molar-refractivity contribution in [3.8, 4) is 56.7 Å². The Bertz CT molecular complexity index is 3720. The van der Waals surface area contributed by atoms with Gasteiger partial charge >= 0.3 is 0 Å². The minimum absolute atomic E-state index is 0.551. The van der Waals surface area contributed by atoms with Gasteiger partial charge in [-0.15, -0.1) is 11.3 Å². The second-order valence-electron chi connectivity index (χ2n) is 16.0. The quantitative estimate of drug-likeness (QED) is 0.168. The Balaban J connectivity index is 1.07. The van der Waals surface area contributed by atoms with Crippen molar-refractivity contribution in [2.45, 2.75) is 0 Å². The van der Waals surface area contributed by atoms with E-state index in [1.807, 2.05) is 11.3 Å². The number of rotatable bonds is 6.